The van der Waals surface area contributed by atoms with Crippen molar-refractivity contribution >= 4 is 5.97 Å². The molecule has 1 rings (SSSR count). The number of hydrogen-bond acceptors (Lipinski definition) is 2. The Morgan fingerprint density at radius 1 is 1.47 bits per heavy atom. The van der Waals surface area contributed by atoms with E-state index >= 15 is 0 Å². The molecule has 1 saturated heterocycles. The van der Waals surface area contributed by atoms with E-state index in [1.165, 1.54) is 12.8 Å². The molecule has 1 aliphatic rings. The molecule has 0 amide bonds. The zero-order chi connectivity index (χ0) is 11.4. The highest BCUT2D eigenvalue weighted by atomic mass is 16.4. The molecule has 0 spiro atoms. The first kappa shape index (κ1) is 12.5. The van der Waals surface area contributed by atoms with Gasteiger partial charge in [-0.05, 0) is 31.2 Å². The SMILES string of the molecule is CC(C)CCCN1C[C@@H](C)[C@H](C(=O)O)C1. The number of rotatable bonds is 5. The largest absolute Gasteiger partial charge is 0.481 e. The van der Waals surface area contributed by atoms with Crippen molar-refractivity contribution in [1.29, 1.82) is 0 Å². The van der Waals surface area contributed by atoms with Gasteiger partial charge in [0.15, 0.2) is 0 Å². The zero-order valence-corrected chi connectivity index (χ0v) is 10.1. The summed E-state index contributed by atoms with van der Waals surface area (Å²) in [7, 11) is 0. The Hall–Kier alpha value is -0.570. The van der Waals surface area contributed by atoms with E-state index in [1.807, 2.05) is 6.92 Å². The van der Waals surface area contributed by atoms with Crippen molar-refractivity contribution in [3.8, 4) is 0 Å². The lowest BCUT2D eigenvalue weighted by molar-refractivity contribution is -0.142. The summed E-state index contributed by atoms with van der Waals surface area (Å²) in [6.45, 7) is 9.26. The lowest BCUT2D eigenvalue weighted by atomic mass is 9.99. The highest BCUT2D eigenvalue weighted by Crippen LogP contribution is 2.23. The molecule has 3 nitrogen and oxygen atoms in total. The molecule has 2 atom stereocenters. The molecule has 0 bridgehead atoms. The fourth-order valence-corrected chi connectivity index (χ4v) is 2.29. The third kappa shape index (κ3) is 3.82. The Morgan fingerprint density at radius 2 is 2.13 bits per heavy atom. The lowest BCUT2D eigenvalue weighted by Crippen LogP contribution is -2.24. The standard InChI is InChI=1S/C12H23NO2/c1-9(2)5-4-6-13-7-10(3)11(8-13)12(14)15/h9-11H,4-8H2,1-3H3,(H,14,15)/t10-,11-/m1/s1. The molecule has 0 aromatic carbocycles. The van der Waals surface area contributed by atoms with Gasteiger partial charge in [-0.3, -0.25) is 4.79 Å². The monoisotopic (exact) mass is 213 g/mol. The van der Waals surface area contributed by atoms with Gasteiger partial charge in [-0.2, -0.15) is 0 Å². The molecule has 1 N–H and O–H groups in total. The predicted molar refractivity (Wildman–Crippen MR) is 60.8 cm³/mol. The smallest absolute Gasteiger partial charge is 0.308 e. The third-order valence-corrected chi connectivity index (χ3v) is 3.26. The Labute approximate surface area is 92.5 Å². The number of hydrogen-bond donors (Lipinski definition) is 1. The van der Waals surface area contributed by atoms with E-state index in [1.54, 1.807) is 0 Å². The highest BCUT2D eigenvalue weighted by molar-refractivity contribution is 5.71. The minimum Gasteiger partial charge on any atom is -0.481 e. The van der Waals surface area contributed by atoms with Gasteiger partial charge in [0.2, 0.25) is 0 Å². The van der Waals surface area contributed by atoms with Gasteiger partial charge in [-0.15, -0.1) is 0 Å². The molecule has 1 heterocycles. The summed E-state index contributed by atoms with van der Waals surface area (Å²) in [6, 6.07) is 0. The molecule has 0 radical (unpaired) electrons. The van der Waals surface area contributed by atoms with Gasteiger partial charge in [0.25, 0.3) is 0 Å². The Morgan fingerprint density at radius 3 is 2.60 bits per heavy atom. The summed E-state index contributed by atoms with van der Waals surface area (Å²) in [5.41, 5.74) is 0. The first-order valence-corrected chi connectivity index (χ1v) is 5.96. The van der Waals surface area contributed by atoms with Gasteiger partial charge < -0.3 is 10.0 Å². The summed E-state index contributed by atoms with van der Waals surface area (Å²) in [6.07, 6.45) is 2.43. The number of nitrogens with zero attached hydrogens (tertiary/aromatic N) is 1. The fraction of sp³-hybridized carbons (Fsp3) is 0.917. The van der Waals surface area contributed by atoms with E-state index < -0.39 is 5.97 Å². The minimum atomic E-state index is -0.631. The van der Waals surface area contributed by atoms with E-state index in [0.29, 0.717) is 5.92 Å². The van der Waals surface area contributed by atoms with Gasteiger partial charge >= 0.3 is 5.97 Å². The molecule has 0 aromatic rings. The molecule has 15 heavy (non-hydrogen) atoms. The van der Waals surface area contributed by atoms with Crippen molar-refractivity contribution in [2.24, 2.45) is 17.8 Å². The minimum absolute atomic E-state index is 0.149. The van der Waals surface area contributed by atoms with Crippen LogP contribution >= 0.6 is 0 Å². The summed E-state index contributed by atoms with van der Waals surface area (Å²) in [5, 5.41) is 8.99. The van der Waals surface area contributed by atoms with Crippen molar-refractivity contribution in [2.45, 2.75) is 33.6 Å². The normalized spacial score (nSPS) is 27.5. The maximum absolute atomic E-state index is 10.9. The van der Waals surface area contributed by atoms with Gasteiger partial charge in [0.1, 0.15) is 0 Å². The first-order valence-electron chi connectivity index (χ1n) is 5.96. The predicted octanol–water partition coefficient (Wildman–Crippen LogP) is 2.08. The number of carboxylic acid groups (broad SMARTS) is 1. The van der Waals surface area contributed by atoms with Crippen LogP contribution in [0.25, 0.3) is 0 Å². The number of aliphatic carboxylic acids is 1. The molecule has 1 aliphatic heterocycles. The molecular weight excluding hydrogens is 190 g/mol. The van der Waals surface area contributed by atoms with Crippen LogP contribution in [0, 0.1) is 17.8 Å². The average molecular weight is 213 g/mol. The fourth-order valence-electron chi connectivity index (χ4n) is 2.29. The maximum atomic E-state index is 10.9. The van der Waals surface area contributed by atoms with Crippen LogP contribution < -0.4 is 0 Å². The summed E-state index contributed by atoms with van der Waals surface area (Å²) >= 11 is 0. The molecule has 0 aromatic heterocycles. The highest BCUT2D eigenvalue weighted by Gasteiger charge is 2.34. The van der Waals surface area contributed by atoms with Gasteiger partial charge in [0.05, 0.1) is 5.92 Å². The topological polar surface area (TPSA) is 40.5 Å². The van der Waals surface area contributed by atoms with E-state index in [4.69, 9.17) is 5.11 Å². The Bertz CT molecular complexity index is 216. The molecule has 0 saturated carbocycles. The molecule has 1 fully saturated rings. The number of likely N-dealkylation sites (tertiary alicyclic amines) is 1. The second-order valence-corrected chi connectivity index (χ2v) is 5.22. The van der Waals surface area contributed by atoms with Gasteiger partial charge in [-0.1, -0.05) is 20.8 Å². The van der Waals surface area contributed by atoms with Crippen LogP contribution in [0.5, 0.6) is 0 Å². The zero-order valence-electron chi connectivity index (χ0n) is 10.1. The Balaban J connectivity index is 2.26. The first-order chi connectivity index (χ1) is 7.00. The van der Waals surface area contributed by atoms with Crippen LogP contribution in [0.4, 0.5) is 0 Å². The third-order valence-electron chi connectivity index (χ3n) is 3.26. The molecule has 0 aliphatic carbocycles. The van der Waals surface area contributed by atoms with E-state index in [9.17, 15) is 4.79 Å². The van der Waals surface area contributed by atoms with E-state index in [-0.39, 0.29) is 5.92 Å². The van der Waals surface area contributed by atoms with E-state index in [2.05, 4.69) is 18.7 Å². The second kappa shape index (κ2) is 5.50. The van der Waals surface area contributed by atoms with Crippen LogP contribution in [-0.2, 0) is 4.79 Å². The van der Waals surface area contributed by atoms with Crippen molar-refractivity contribution < 1.29 is 9.90 Å². The second-order valence-electron chi connectivity index (χ2n) is 5.22. The van der Waals surface area contributed by atoms with Crippen LogP contribution in [-0.4, -0.2) is 35.6 Å². The van der Waals surface area contributed by atoms with Crippen LogP contribution in [0.3, 0.4) is 0 Å². The summed E-state index contributed by atoms with van der Waals surface area (Å²) < 4.78 is 0. The summed E-state index contributed by atoms with van der Waals surface area (Å²) in [4.78, 5) is 13.2. The van der Waals surface area contributed by atoms with E-state index in [0.717, 1.165) is 25.6 Å². The maximum Gasteiger partial charge on any atom is 0.308 e. The van der Waals surface area contributed by atoms with Crippen LogP contribution in [0.15, 0.2) is 0 Å². The Kier molecular flexibility index (Phi) is 4.58. The molecule has 3 heteroatoms. The average Bonchev–Trinajstić information content (AvgIpc) is 2.46. The quantitative estimate of drug-likeness (QED) is 0.760. The van der Waals surface area contributed by atoms with Crippen molar-refractivity contribution in [3.63, 3.8) is 0 Å². The molecular formula is C12H23NO2. The van der Waals surface area contributed by atoms with Crippen molar-refractivity contribution in [3.05, 3.63) is 0 Å². The molecule has 88 valence electrons. The van der Waals surface area contributed by atoms with Crippen molar-refractivity contribution in [1.82, 2.24) is 4.90 Å². The lowest BCUT2D eigenvalue weighted by Gasteiger charge is -2.15. The van der Waals surface area contributed by atoms with Crippen molar-refractivity contribution in [2.75, 3.05) is 19.6 Å². The van der Waals surface area contributed by atoms with Gasteiger partial charge in [0, 0.05) is 13.1 Å². The van der Waals surface area contributed by atoms with Crippen LogP contribution in [0.2, 0.25) is 0 Å². The number of carboxylic acids is 1. The summed E-state index contributed by atoms with van der Waals surface area (Å²) in [5.74, 6) is 0.278. The van der Waals surface area contributed by atoms with Crippen LogP contribution in [0.1, 0.15) is 33.6 Å². The van der Waals surface area contributed by atoms with Gasteiger partial charge in [-0.25, -0.2) is 0 Å². The number of carbonyl (C=O) groups is 1. The molecule has 0 unspecified atom stereocenters.